The largest absolute Gasteiger partial charge is 0.134 e. The normalized spacial score (nSPS) is 11.9. The second-order valence-corrected chi connectivity index (χ2v) is 14.6. The molecule has 0 unspecified atom stereocenters. The highest BCUT2D eigenvalue weighted by Crippen LogP contribution is 2.45. The van der Waals surface area contributed by atoms with E-state index in [4.69, 9.17) is 0 Å². The molecular formula is C50H30S. The zero-order valence-corrected chi connectivity index (χ0v) is 28.5. The molecule has 0 saturated heterocycles. The van der Waals surface area contributed by atoms with Crippen LogP contribution in [0.2, 0.25) is 0 Å². The van der Waals surface area contributed by atoms with E-state index in [9.17, 15) is 0 Å². The Hall–Kier alpha value is -6.28. The van der Waals surface area contributed by atoms with E-state index in [0.717, 1.165) is 0 Å². The minimum Gasteiger partial charge on any atom is -0.134 e. The third kappa shape index (κ3) is 4.39. The van der Waals surface area contributed by atoms with Gasteiger partial charge in [0.15, 0.2) is 0 Å². The van der Waals surface area contributed by atoms with Crippen molar-refractivity contribution >= 4 is 85.4 Å². The quantitative estimate of drug-likeness (QED) is 0.165. The average molecular weight is 663 g/mol. The molecule has 0 N–H and O–H groups in total. The van der Waals surface area contributed by atoms with Crippen molar-refractivity contribution in [3.63, 3.8) is 0 Å². The first-order valence-electron chi connectivity index (χ1n) is 17.6. The first-order valence-corrected chi connectivity index (χ1v) is 18.4. The highest BCUT2D eigenvalue weighted by atomic mass is 32.1. The van der Waals surface area contributed by atoms with Gasteiger partial charge >= 0.3 is 0 Å². The van der Waals surface area contributed by atoms with Crippen LogP contribution in [0.3, 0.4) is 0 Å². The third-order valence-electron chi connectivity index (χ3n) is 10.8. The molecule has 0 fully saturated rings. The second-order valence-electron chi connectivity index (χ2n) is 13.6. The molecule has 1 heteroatoms. The van der Waals surface area contributed by atoms with Crippen LogP contribution in [-0.4, -0.2) is 0 Å². The van der Waals surface area contributed by atoms with E-state index < -0.39 is 0 Å². The standard InChI is InChI=1S/C50H30S/c1-2-12-37-31(10-1)11-7-17-38(37)34-24-22-33-29-35(25-23-32(33)28-34)39-18-8-20-46-47-21-9-19-40(50(47)51-49(39)46)36-26-27-45-43-15-4-3-13-41(43)42-14-5-6-16-44(42)48(45)30-36/h1-30H. The predicted molar refractivity (Wildman–Crippen MR) is 223 cm³/mol. The number of thiophene rings is 1. The van der Waals surface area contributed by atoms with Crippen molar-refractivity contribution in [1.82, 2.24) is 0 Å². The van der Waals surface area contributed by atoms with Gasteiger partial charge in [0, 0.05) is 20.2 Å². The van der Waals surface area contributed by atoms with Crippen LogP contribution in [0, 0.1) is 0 Å². The Morgan fingerprint density at radius 2 is 0.647 bits per heavy atom. The van der Waals surface area contributed by atoms with Crippen molar-refractivity contribution in [2.45, 2.75) is 0 Å². The molecule has 11 aromatic rings. The fraction of sp³-hybridized carbons (Fsp3) is 0. The molecule has 1 aromatic heterocycles. The molecule has 0 aliphatic rings. The summed E-state index contributed by atoms with van der Waals surface area (Å²) in [6, 6.07) is 67.4. The van der Waals surface area contributed by atoms with Gasteiger partial charge in [0.2, 0.25) is 0 Å². The average Bonchev–Trinajstić information content (AvgIpc) is 3.59. The Bertz CT molecular complexity index is 3160. The zero-order valence-electron chi connectivity index (χ0n) is 27.7. The maximum absolute atomic E-state index is 2.42. The van der Waals surface area contributed by atoms with Crippen LogP contribution in [-0.2, 0) is 0 Å². The lowest BCUT2D eigenvalue weighted by Crippen LogP contribution is -1.85. The van der Waals surface area contributed by atoms with Crippen LogP contribution < -0.4 is 0 Å². The second kappa shape index (κ2) is 11.1. The summed E-state index contributed by atoms with van der Waals surface area (Å²) < 4.78 is 2.67. The molecular weight excluding hydrogens is 633 g/mol. The minimum atomic E-state index is 1.25. The van der Waals surface area contributed by atoms with Crippen LogP contribution in [0.1, 0.15) is 0 Å². The molecule has 0 atom stereocenters. The van der Waals surface area contributed by atoms with Crippen molar-refractivity contribution < 1.29 is 0 Å². The first kappa shape index (κ1) is 28.5. The predicted octanol–water partition coefficient (Wildman–Crippen LogP) is 14.8. The maximum atomic E-state index is 2.42. The molecule has 0 amide bonds. The summed E-state index contributed by atoms with van der Waals surface area (Å²) in [5, 5.41) is 15.6. The molecule has 51 heavy (non-hydrogen) atoms. The summed E-state index contributed by atoms with van der Waals surface area (Å²) in [5.74, 6) is 0. The lowest BCUT2D eigenvalue weighted by molar-refractivity contribution is 1.67. The Kier molecular flexibility index (Phi) is 6.22. The van der Waals surface area contributed by atoms with Crippen LogP contribution in [0.5, 0.6) is 0 Å². The van der Waals surface area contributed by atoms with Gasteiger partial charge in [-0.25, -0.2) is 0 Å². The number of benzene rings is 10. The fourth-order valence-electron chi connectivity index (χ4n) is 8.41. The Morgan fingerprint density at radius 3 is 1.27 bits per heavy atom. The molecule has 0 saturated carbocycles. The molecule has 0 radical (unpaired) electrons. The van der Waals surface area contributed by atoms with Crippen LogP contribution in [0.15, 0.2) is 182 Å². The van der Waals surface area contributed by atoms with Crippen molar-refractivity contribution in [3.8, 4) is 33.4 Å². The van der Waals surface area contributed by atoms with Gasteiger partial charge in [0.05, 0.1) is 0 Å². The van der Waals surface area contributed by atoms with Gasteiger partial charge in [0.25, 0.3) is 0 Å². The summed E-state index contributed by atoms with van der Waals surface area (Å²) >= 11 is 1.92. The van der Waals surface area contributed by atoms with Gasteiger partial charge in [-0.15, -0.1) is 11.3 Å². The summed E-state index contributed by atoms with van der Waals surface area (Å²) in [6.45, 7) is 0. The van der Waals surface area contributed by atoms with Gasteiger partial charge in [-0.05, 0) is 105 Å². The maximum Gasteiger partial charge on any atom is 0.0434 e. The van der Waals surface area contributed by atoms with Gasteiger partial charge < -0.3 is 0 Å². The van der Waals surface area contributed by atoms with Gasteiger partial charge in [-0.3, -0.25) is 0 Å². The molecule has 0 bridgehead atoms. The van der Waals surface area contributed by atoms with E-state index in [1.165, 1.54) is 107 Å². The summed E-state index contributed by atoms with van der Waals surface area (Å²) in [7, 11) is 0. The SMILES string of the molecule is c1ccc2c(-c3ccc4cc(-c5cccc6c5sc5c(-c7ccc8c9ccccc9c9ccccc9c8c7)cccc56)ccc4c3)cccc2c1. The molecule has 1 heterocycles. The molecule has 0 aliphatic carbocycles. The molecule has 0 aliphatic heterocycles. The van der Waals surface area contributed by atoms with Gasteiger partial charge in [-0.2, -0.15) is 0 Å². The van der Waals surface area contributed by atoms with Crippen molar-refractivity contribution in [2.75, 3.05) is 0 Å². The summed E-state index contributed by atoms with van der Waals surface area (Å²) in [4.78, 5) is 0. The van der Waals surface area contributed by atoms with E-state index in [-0.39, 0.29) is 0 Å². The van der Waals surface area contributed by atoms with Crippen LogP contribution in [0.25, 0.3) is 107 Å². The molecule has 0 nitrogen and oxygen atoms in total. The van der Waals surface area contributed by atoms with Crippen molar-refractivity contribution in [1.29, 1.82) is 0 Å². The lowest BCUT2D eigenvalue weighted by atomic mass is 9.92. The number of hydrogen-bond acceptors (Lipinski definition) is 1. The minimum absolute atomic E-state index is 1.25. The van der Waals surface area contributed by atoms with E-state index in [1.54, 1.807) is 0 Å². The van der Waals surface area contributed by atoms with Gasteiger partial charge in [-0.1, -0.05) is 164 Å². The highest BCUT2D eigenvalue weighted by molar-refractivity contribution is 7.26. The summed E-state index contributed by atoms with van der Waals surface area (Å²) in [5.41, 5.74) is 7.62. The summed E-state index contributed by atoms with van der Waals surface area (Å²) in [6.07, 6.45) is 0. The fourth-order valence-corrected chi connectivity index (χ4v) is 9.78. The number of fused-ring (bicyclic) bond motifs is 11. The van der Waals surface area contributed by atoms with E-state index in [1.807, 2.05) is 11.3 Å². The van der Waals surface area contributed by atoms with Gasteiger partial charge in [0.1, 0.15) is 0 Å². The van der Waals surface area contributed by atoms with Crippen molar-refractivity contribution in [3.05, 3.63) is 182 Å². The zero-order chi connectivity index (χ0) is 33.5. The molecule has 236 valence electrons. The molecule has 10 aromatic carbocycles. The van der Waals surface area contributed by atoms with Crippen molar-refractivity contribution in [2.24, 2.45) is 0 Å². The highest BCUT2D eigenvalue weighted by Gasteiger charge is 2.16. The smallest absolute Gasteiger partial charge is 0.0434 e. The number of hydrogen-bond donors (Lipinski definition) is 0. The first-order chi connectivity index (χ1) is 25.3. The Balaban J connectivity index is 1.05. The lowest BCUT2D eigenvalue weighted by Gasteiger charge is -2.12. The van der Waals surface area contributed by atoms with Crippen LogP contribution in [0.4, 0.5) is 0 Å². The number of rotatable bonds is 3. The van der Waals surface area contributed by atoms with E-state index >= 15 is 0 Å². The molecule has 0 spiro atoms. The molecule has 11 rings (SSSR count). The van der Waals surface area contributed by atoms with E-state index in [0.29, 0.717) is 0 Å². The third-order valence-corrected chi connectivity index (χ3v) is 12.1. The monoisotopic (exact) mass is 662 g/mol. The topological polar surface area (TPSA) is 0 Å². The Labute approximate surface area is 299 Å². The Morgan fingerprint density at radius 1 is 0.235 bits per heavy atom. The van der Waals surface area contributed by atoms with Crippen LogP contribution >= 0.6 is 11.3 Å². The van der Waals surface area contributed by atoms with E-state index in [2.05, 4.69) is 182 Å².